The Balaban J connectivity index is 1.36. The van der Waals surface area contributed by atoms with Crippen LogP contribution in [-0.4, -0.2) is 79.4 Å². The van der Waals surface area contributed by atoms with Gasteiger partial charge in [0.1, 0.15) is 12.0 Å². The Morgan fingerprint density at radius 1 is 1.14 bits per heavy atom. The SMILES string of the molecule is CC[C@H]1CN(c2ncc(NS(C)(=O)=O)cc2Cl)CCN1C1CCN(C(O)c2ccc(Cl)cc2)CC1. The Hall–Kier alpha value is -1.62. The van der Waals surface area contributed by atoms with Crippen molar-refractivity contribution in [2.24, 2.45) is 0 Å². The highest BCUT2D eigenvalue weighted by Crippen LogP contribution is 2.32. The van der Waals surface area contributed by atoms with E-state index in [1.807, 2.05) is 24.3 Å². The molecule has 192 valence electrons. The van der Waals surface area contributed by atoms with Crippen LogP contribution in [0.1, 0.15) is 38.0 Å². The number of anilines is 2. The standard InChI is InChI=1S/C24H33Cl2N5O3S/c1-3-20-16-30(23-22(26)14-19(15-27-23)28-35(2,33)34)12-13-31(20)21-8-10-29(11-9-21)24(32)17-4-6-18(25)7-5-17/h4-7,14-15,20-21,24,28,32H,3,8-13,16H2,1-2H3/t20-,24?/m0/s1. The number of rotatable bonds is 7. The maximum atomic E-state index is 11.5. The van der Waals surface area contributed by atoms with Gasteiger partial charge in [0.25, 0.3) is 0 Å². The van der Waals surface area contributed by atoms with Crippen LogP contribution in [0.15, 0.2) is 36.5 Å². The highest BCUT2D eigenvalue weighted by atomic mass is 35.5. The number of aliphatic hydroxyl groups is 1. The molecule has 35 heavy (non-hydrogen) atoms. The average molecular weight is 543 g/mol. The molecule has 2 saturated heterocycles. The van der Waals surface area contributed by atoms with Crippen LogP contribution in [0.4, 0.5) is 11.5 Å². The molecule has 2 atom stereocenters. The fourth-order valence-electron chi connectivity index (χ4n) is 5.15. The largest absolute Gasteiger partial charge is 0.374 e. The van der Waals surface area contributed by atoms with Gasteiger partial charge in [0, 0.05) is 49.8 Å². The quantitative estimate of drug-likeness (QED) is 0.550. The van der Waals surface area contributed by atoms with Crippen molar-refractivity contribution < 1.29 is 13.5 Å². The van der Waals surface area contributed by atoms with Crippen LogP contribution >= 0.6 is 23.2 Å². The lowest BCUT2D eigenvalue weighted by molar-refractivity contribution is -0.0328. The first-order valence-corrected chi connectivity index (χ1v) is 14.6. The Morgan fingerprint density at radius 3 is 2.43 bits per heavy atom. The van der Waals surface area contributed by atoms with Crippen LogP contribution in [0.25, 0.3) is 0 Å². The summed E-state index contributed by atoms with van der Waals surface area (Å²) in [7, 11) is -3.38. The van der Waals surface area contributed by atoms with Gasteiger partial charge in [-0.25, -0.2) is 13.4 Å². The molecule has 8 nitrogen and oxygen atoms in total. The summed E-state index contributed by atoms with van der Waals surface area (Å²) in [5.74, 6) is 0.685. The molecule has 0 bridgehead atoms. The molecule has 3 heterocycles. The lowest BCUT2D eigenvalue weighted by atomic mass is 9.97. The van der Waals surface area contributed by atoms with Gasteiger partial charge in [0.15, 0.2) is 0 Å². The van der Waals surface area contributed by atoms with Crippen LogP contribution in [0.5, 0.6) is 0 Å². The molecule has 1 aromatic heterocycles. The lowest BCUT2D eigenvalue weighted by Gasteiger charge is -2.48. The van der Waals surface area contributed by atoms with E-state index in [4.69, 9.17) is 23.2 Å². The summed E-state index contributed by atoms with van der Waals surface area (Å²) in [6, 6.07) is 9.85. The first-order valence-electron chi connectivity index (χ1n) is 12.0. The third kappa shape index (κ3) is 6.58. The number of likely N-dealkylation sites (tertiary alicyclic amines) is 1. The summed E-state index contributed by atoms with van der Waals surface area (Å²) >= 11 is 12.5. The zero-order valence-electron chi connectivity index (χ0n) is 20.1. The van der Waals surface area contributed by atoms with Crippen molar-refractivity contribution in [3.8, 4) is 0 Å². The fourth-order valence-corrected chi connectivity index (χ4v) is 6.10. The van der Waals surface area contributed by atoms with Gasteiger partial charge >= 0.3 is 0 Å². The molecular formula is C24H33Cl2N5O3S. The first kappa shape index (κ1) is 26.4. The molecule has 0 radical (unpaired) electrons. The van der Waals surface area contributed by atoms with Crippen molar-refractivity contribution in [2.75, 3.05) is 48.6 Å². The van der Waals surface area contributed by atoms with Crippen molar-refractivity contribution >= 4 is 44.7 Å². The Bertz CT molecular complexity index is 1110. The second-order valence-electron chi connectivity index (χ2n) is 9.34. The molecular weight excluding hydrogens is 509 g/mol. The minimum absolute atomic E-state index is 0.361. The summed E-state index contributed by atoms with van der Waals surface area (Å²) in [6.07, 6.45) is 5.02. The zero-order valence-corrected chi connectivity index (χ0v) is 22.4. The predicted molar refractivity (Wildman–Crippen MR) is 142 cm³/mol. The molecule has 2 aromatic rings. The van der Waals surface area contributed by atoms with Crippen LogP contribution < -0.4 is 9.62 Å². The van der Waals surface area contributed by atoms with Gasteiger partial charge in [-0.15, -0.1) is 0 Å². The second-order valence-corrected chi connectivity index (χ2v) is 11.9. The summed E-state index contributed by atoms with van der Waals surface area (Å²) in [6.45, 7) is 6.41. The molecule has 0 amide bonds. The van der Waals surface area contributed by atoms with Crippen molar-refractivity contribution in [3.63, 3.8) is 0 Å². The normalized spacial score (nSPS) is 21.7. The number of pyridine rings is 1. The van der Waals surface area contributed by atoms with E-state index in [2.05, 4.69) is 31.3 Å². The highest BCUT2D eigenvalue weighted by molar-refractivity contribution is 7.92. The third-order valence-corrected chi connectivity index (χ3v) is 8.04. The number of benzene rings is 1. The van der Waals surface area contributed by atoms with Gasteiger partial charge in [0.05, 0.1) is 23.2 Å². The molecule has 2 aliphatic rings. The number of piperidine rings is 1. The maximum Gasteiger partial charge on any atom is 0.229 e. The topological polar surface area (TPSA) is 89.0 Å². The van der Waals surface area contributed by atoms with Crippen molar-refractivity contribution in [3.05, 3.63) is 52.1 Å². The minimum atomic E-state index is -3.38. The van der Waals surface area contributed by atoms with Gasteiger partial charge in [-0.1, -0.05) is 42.3 Å². The van der Waals surface area contributed by atoms with Crippen LogP contribution in [0.2, 0.25) is 10.0 Å². The number of aromatic nitrogens is 1. The Kier molecular flexibility index (Phi) is 8.45. The summed E-state index contributed by atoms with van der Waals surface area (Å²) < 4.78 is 25.4. The summed E-state index contributed by atoms with van der Waals surface area (Å²) in [5, 5.41) is 11.9. The van der Waals surface area contributed by atoms with Gasteiger partial charge in [-0.2, -0.15) is 0 Å². The Labute approximate surface area is 217 Å². The zero-order chi connectivity index (χ0) is 25.2. The van der Waals surface area contributed by atoms with Crippen LogP contribution in [-0.2, 0) is 10.0 Å². The number of sulfonamides is 1. The van der Waals surface area contributed by atoms with E-state index in [0.29, 0.717) is 33.6 Å². The molecule has 2 N–H and O–H groups in total. The number of hydrogen-bond donors (Lipinski definition) is 2. The molecule has 11 heteroatoms. The first-order chi connectivity index (χ1) is 16.6. The highest BCUT2D eigenvalue weighted by Gasteiger charge is 2.35. The monoisotopic (exact) mass is 541 g/mol. The predicted octanol–water partition coefficient (Wildman–Crippen LogP) is 3.82. The van der Waals surface area contributed by atoms with Crippen molar-refractivity contribution in [1.29, 1.82) is 0 Å². The molecule has 0 aliphatic carbocycles. The van der Waals surface area contributed by atoms with Gasteiger partial charge < -0.3 is 10.0 Å². The van der Waals surface area contributed by atoms with E-state index in [-0.39, 0.29) is 0 Å². The third-order valence-electron chi connectivity index (χ3n) is 6.91. The van der Waals surface area contributed by atoms with E-state index in [1.54, 1.807) is 6.07 Å². The van der Waals surface area contributed by atoms with E-state index < -0.39 is 16.3 Å². The molecule has 2 aliphatic heterocycles. The smallest absolute Gasteiger partial charge is 0.229 e. The summed E-state index contributed by atoms with van der Waals surface area (Å²) in [5.41, 5.74) is 1.23. The lowest BCUT2D eigenvalue weighted by Crippen LogP contribution is -2.58. The maximum absolute atomic E-state index is 11.5. The molecule has 2 fully saturated rings. The van der Waals surface area contributed by atoms with Gasteiger partial charge in [0.2, 0.25) is 10.0 Å². The van der Waals surface area contributed by atoms with E-state index in [0.717, 1.165) is 63.8 Å². The van der Waals surface area contributed by atoms with Gasteiger partial charge in [-0.3, -0.25) is 14.5 Å². The number of aliphatic hydroxyl groups excluding tert-OH is 1. The van der Waals surface area contributed by atoms with Crippen LogP contribution in [0.3, 0.4) is 0 Å². The molecule has 0 spiro atoms. The molecule has 4 rings (SSSR count). The Morgan fingerprint density at radius 2 is 1.83 bits per heavy atom. The van der Waals surface area contributed by atoms with E-state index >= 15 is 0 Å². The molecule has 1 unspecified atom stereocenters. The number of piperazine rings is 1. The minimum Gasteiger partial charge on any atom is -0.374 e. The van der Waals surface area contributed by atoms with E-state index in [9.17, 15) is 13.5 Å². The number of nitrogens with one attached hydrogen (secondary N) is 1. The van der Waals surface area contributed by atoms with Crippen LogP contribution in [0, 0.1) is 0 Å². The fraction of sp³-hybridized carbons (Fsp3) is 0.542. The second kappa shape index (κ2) is 11.2. The average Bonchev–Trinajstić information content (AvgIpc) is 2.83. The van der Waals surface area contributed by atoms with Crippen molar-refractivity contribution in [1.82, 2.24) is 14.8 Å². The van der Waals surface area contributed by atoms with Crippen molar-refractivity contribution in [2.45, 2.75) is 44.5 Å². The number of nitrogens with zero attached hydrogens (tertiary/aromatic N) is 4. The molecule has 0 saturated carbocycles. The molecule has 1 aromatic carbocycles. The number of hydrogen-bond acceptors (Lipinski definition) is 7. The summed E-state index contributed by atoms with van der Waals surface area (Å²) in [4.78, 5) is 11.4. The van der Waals surface area contributed by atoms with Gasteiger partial charge in [-0.05, 0) is 43.0 Å². The number of halogens is 2. The van der Waals surface area contributed by atoms with E-state index in [1.165, 1.54) is 6.20 Å².